The number of thiocarbonyl (C=S) groups is 1. The van der Waals surface area contributed by atoms with Gasteiger partial charge in [-0.25, -0.2) is 0 Å². The Morgan fingerprint density at radius 2 is 2.06 bits per heavy atom. The van der Waals surface area contributed by atoms with E-state index >= 15 is 0 Å². The van der Waals surface area contributed by atoms with Crippen LogP contribution >= 0.6 is 12.2 Å². The zero-order valence-electron chi connectivity index (χ0n) is 9.88. The fraction of sp³-hybridized carbons (Fsp3) is 0.0769. The van der Waals surface area contributed by atoms with Crippen molar-refractivity contribution < 1.29 is 4.74 Å². The summed E-state index contributed by atoms with van der Waals surface area (Å²) in [6.45, 7) is 0. The quantitative estimate of drug-likeness (QED) is 0.826. The lowest BCUT2D eigenvalue weighted by Gasteiger charge is -2.08. The Hall–Kier alpha value is -2.14. The lowest BCUT2D eigenvalue weighted by molar-refractivity contribution is 0.415. The first-order chi connectivity index (χ1) is 8.69. The van der Waals surface area contributed by atoms with Gasteiger partial charge in [-0.1, -0.05) is 18.3 Å². The van der Waals surface area contributed by atoms with Crippen LogP contribution in [0.5, 0.6) is 5.75 Å². The predicted molar refractivity (Wildman–Crippen MR) is 76.4 cm³/mol. The number of methoxy groups -OCH3 is 1. The number of nitrogens with two attached hydrogens (primary N) is 1. The smallest absolute Gasteiger partial charge is 0.122 e. The molecule has 0 aliphatic carbocycles. The molecular formula is C13H13N3OS. The number of nitrogens with one attached hydrogen (secondary N) is 1. The number of hydrogen-bond donors (Lipinski definition) is 2. The first kappa shape index (κ1) is 12.3. The van der Waals surface area contributed by atoms with Gasteiger partial charge in [0.2, 0.25) is 0 Å². The summed E-state index contributed by atoms with van der Waals surface area (Å²) in [6, 6.07) is 11.3. The standard InChI is InChI=1S/C13H13N3OS/c1-17-11-4-2-3-9(7-11)16-10-5-6-15-12(8-10)13(14)18/h2-8H,1H3,(H2,14,18)(H,15,16). The molecule has 0 aliphatic rings. The van der Waals surface area contributed by atoms with Gasteiger partial charge in [-0.05, 0) is 24.3 Å². The van der Waals surface area contributed by atoms with Crippen LogP contribution in [0.25, 0.3) is 0 Å². The number of nitrogens with zero attached hydrogens (tertiary/aromatic N) is 1. The lowest BCUT2D eigenvalue weighted by Crippen LogP contribution is -2.11. The van der Waals surface area contributed by atoms with E-state index in [2.05, 4.69) is 10.3 Å². The summed E-state index contributed by atoms with van der Waals surface area (Å²) >= 11 is 4.89. The summed E-state index contributed by atoms with van der Waals surface area (Å²) in [5.41, 5.74) is 7.94. The Morgan fingerprint density at radius 3 is 2.78 bits per heavy atom. The Morgan fingerprint density at radius 1 is 1.28 bits per heavy atom. The van der Waals surface area contributed by atoms with Crippen molar-refractivity contribution in [2.24, 2.45) is 5.73 Å². The number of pyridine rings is 1. The SMILES string of the molecule is COc1cccc(Nc2ccnc(C(N)=S)c2)c1. The predicted octanol–water partition coefficient (Wildman–Crippen LogP) is 2.47. The molecule has 0 aliphatic heterocycles. The minimum absolute atomic E-state index is 0.282. The highest BCUT2D eigenvalue weighted by Gasteiger charge is 2.01. The fourth-order valence-electron chi connectivity index (χ4n) is 1.51. The number of benzene rings is 1. The maximum Gasteiger partial charge on any atom is 0.122 e. The average Bonchev–Trinajstić information content (AvgIpc) is 2.39. The first-order valence-corrected chi connectivity index (χ1v) is 5.77. The fourth-order valence-corrected chi connectivity index (χ4v) is 1.62. The maximum atomic E-state index is 5.54. The number of anilines is 2. The third-order valence-electron chi connectivity index (χ3n) is 2.37. The molecule has 4 nitrogen and oxygen atoms in total. The molecule has 2 rings (SSSR count). The Bertz CT molecular complexity index is 572. The summed E-state index contributed by atoms with van der Waals surface area (Å²) < 4.78 is 5.16. The van der Waals surface area contributed by atoms with Gasteiger partial charge in [0.1, 0.15) is 10.7 Å². The van der Waals surface area contributed by atoms with Crippen molar-refractivity contribution in [3.63, 3.8) is 0 Å². The largest absolute Gasteiger partial charge is 0.497 e. The highest BCUT2D eigenvalue weighted by molar-refractivity contribution is 7.80. The molecule has 18 heavy (non-hydrogen) atoms. The van der Waals surface area contributed by atoms with Crippen LogP contribution in [0.15, 0.2) is 42.6 Å². The van der Waals surface area contributed by atoms with Crippen molar-refractivity contribution >= 4 is 28.6 Å². The van der Waals surface area contributed by atoms with Crippen LogP contribution in [-0.2, 0) is 0 Å². The van der Waals surface area contributed by atoms with Crippen molar-refractivity contribution in [1.29, 1.82) is 0 Å². The number of rotatable bonds is 4. The molecule has 1 aromatic carbocycles. The molecule has 92 valence electrons. The van der Waals surface area contributed by atoms with Crippen LogP contribution < -0.4 is 15.8 Å². The molecule has 0 atom stereocenters. The van der Waals surface area contributed by atoms with E-state index < -0.39 is 0 Å². The molecule has 2 aromatic rings. The second kappa shape index (κ2) is 5.46. The van der Waals surface area contributed by atoms with Gasteiger partial charge in [0.15, 0.2) is 0 Å². The van der Waals surface area contributed by atoms with Crippen molar-refractivity contribution in [3.05, 3.63) is 48.3 Å². The van der Waals surface area contributed by atoms with E-state index in [1.807, 2.05) is 36.4 Å². The monoisotopic (exact) mass is 259 g/mol. The zero-order chi connectivity index (χ0) is 13.0. The number of aromatic nitrogens is 1. The minimum atomic E-state index is 0.282. The van der Waals surface area contributed by atoms with Crippen LogP contribution in [0.2, 0.25) is 0 Å². The molecule has 0 saturated heterocycles. The molecule has 0 spiro atoms. The van der Waals surface area contributed by atoms with Crippen LogP contribution in [0, 0.1) is 0 Å². The molecule has 0 fully saturated rings. The number of hydrogen-bond acceptors (Lipinski definition) is 4. The Labute approximate surface area is 111 Å². The molecule has 0 saturated carbocycles. The number of ether oxygens (including phenoxy) is 1. The molecule has 0 amide bonds. The minimum Gasteiger partial charge on any atom is -0.497 e. The van der Waals surface area contributed by atoms with Crippen molar-refractivity contribution in [2.45, 2.75) is 0 Å². The average molecular weight is 259 g/mol. The molecule has 3 N–H and O–H groups in total. The normalized spacial score (nSPS) is 9.83. The van der Waals surface area contributed by atoms with Gasteiger partial charge < -0.3 is 15.8 Å². The highest BCUT2D eigenvalue weighted by Crippen LogP contribution is 2.21. The second-order valence-corrected chi connectivity index (χ2v) is 4.09. The van der Waals surface area contributed by atoms with E-state index in [0.29, 0.717) is 5.69 Å². The Balaban J connectivity index is 2.22. The van der Waals surface area contributed by atoms with E-state index in [1.54, 1.807) is 13.3 Å². The second-order valence-electron chi connectivity index (χ2n) is 3.65. The Kier molecular flexibility index (Phi) is 3.74. The van der Waals surface area contributed by atoms with E-state index in [4.69, 9.17) is 22.7 Å². The van der Waals surface area contributed by atoms with Gasteiger partial charge >= 0.3 is 0 Å². The summed E-state index contributed by atoms with van der Waals surface area (Å²) in [6.07, 6.45) is 1.66. The summed E-state index contributed by atoms with van der Waals surface area (Å²) in [5.74, 6) is 0.795. The van der Waals surface area contributed by atoms with Gasteiger partial charge in [0, 0.05) is 23.6 Å². The molecule has 1 heterocycles. The zero-order valence-corrected chi connectivity index (χ0v) is 10.7. The van der Waals surface area contributed by atoms with Crippen LogP contribution in [0.1, 0.15) is 5.69 Å². The third kappa shape index (κ3) is 2.95. The topological polar surface area (TPSA) is 60.2 Å². The molecule has 0 unspecified atom stereocenters. The molecule has 5 heteroatoms. The molecule has 0 bridgehead atoms. The maximum absolute atomic E-state index is 5.54. The van der Waals surface area contributed by atoms with Crippen LogP contribution in [-0.4, -0.2) is 17.1 Å². The van der Waals surface area contributed by atoms with E-state index in [9.17, 15) is 0 Å². The van der Waals surface area contributed by atoms with E-state index in [-0.39, 0.29) is 4.99 Å². The van der Waals surface area contributed by atoms with Gasteiger partial charge in [0.05, 0.1) is 12.8 Å². The first-order valence-electron chi connectivity index (χ1n) is 5.36. The van der Waals surface area contributed by atoms with Gasteiger partial charge in [-0.2, -0.15) is 0 Å². The van der Waals surface area contributed by atoms with Crippen LogP contribution in [0.4, 0.5) is 11.4 Å². The van der Waals surface area contributed by atoms with E-state index in [1.165, 1.54) is 0 Å². The van der Waals surface area contributed by atoms with Crippen LogP contribution in [0.3, 0.4) is 0 Å². The molecule has 0 radical (unpaired) electrons. The van der Waals surface area contributed by atoms with Gasteiger partial charge in [-0.15, -0.1) is 0 Å². The summed E-state index contributed by atoms with van der Waals surface area (Å²) in [4.78, 5) is 4.37. The van der Waals surface area contributed by atoms with Crippen molar-refractivity contribution in [2.75, 3.05) is 12.4 Å². The summed E-state index contributed by atoms with van der Waals surface area (Å²) in [5, 5.41) is 3.24. The third-order valence-corrected chi connectivity index (χ3v) is 2.58. The highest BCUT2D eigenvalue weighted by atomic mass is 32.1. The molecule has 1 aromatic heterocycles. The van der Waals surface area contributed by atoms with E-state index in [0.717, 1.165) is 17.1 Å². The summed E-state index contributed by atoms with van der Waals surface area (Å²) in [7, 11) is 1.64. The van der Waals surface area contributed by atoms with Crippen molar-refractivity contribution in [1.82, 2.24) is 4.98 Å². The lowest BCUT2D eigenvalue weighted by atomic mass is 10.2. The van der Waals surface area contributed by atoms with Gasteiger partial charge in [0.25, 0.3) is 0 Å². The molecular weight excluding hydrogens is 246 g/mol. The van der Waals surface area contributed by atoms with Crippen molar-refractivity contribution in [3.8, 4) is 5.75 Å². The van der Waals surface area contributed by atoms with Gasteiger partial charge in [-0.3, -0.25) is 4.98 Å².